The Morgan fingerprint density at radius 2 is 2.11 bits per heavy atom. The molecule has 0 spiro atoms. The first-order valence-electron chi connectivity index (χ1n) is 5.05. The van der Waals surface area contributed by atoms with Crippen LogP contribution in [0, 0.1) is 6.92 Å². The van der Waals surface area contributed by atoms with Crippen LogP contribution >= 0.6 is 15.9 Å². The van der Waals surface area contributed by atoms with Gasteiger partial charge in [0.05, 0.1) is 12.4 Å². The Morgan fingerprint density at radius 1 is 1.33 bits per heavy atom. The van der Waals surface area contributed by atoms with E-state index in [1.807, 2.05) is 19.1 Å². The van der Waals surface area contributed by atoms with E-state index in [1.165, 1.54) is 6.20 Å². The topological polar surface area (TPSA) is 72.3 Å². The predicted octanol–water partition coefficient (Wildman–Crippen LogP) is 3.04. The minimum absolute atomic E-state index is 0.116. The molecule has 0 unspecified atom stereocenters. The molecular formula is C12H9BrN2O3. The van der Waals surface area contributed by atoms with Gasteiger partial charge in [0.2, 0.25) is 5.88 Å². The third-order valence-electron chi connectivity index (χ3n) is 2.20. The number of aromatic nitrogens is 2. The molecule has 0 bridgehead atoms. The number of hydrogen-bond donors (Lipinski definition) is 1. The molecular weight excluding hydrogens is 300 g/mol. The van der Waals surface area contributed by atoms with Crippen molar-refractivity contribution < 1.29 is 14.6 Å². The molecule has 5 nitrogen and oxygen atoms in total. The molecule has 6 heteroatoms. The largest absolute Gasteiger partial charge is 0.476 e. The van der Waals surface area contributed by atoms with Crippen LogP contribution in [-0.4, -0.2) is 21.0 Å². The second kappa shape index (κ2) is 5.14. The summed E-state index contributed by atoms with van der Waals surface area (Å²) in [7, 11) is 0. The zero-order valence-corrected chi connectivity index (χ0v) is 11.0. The summed E-state index contributed by atoms with van der Waals surface area (Å²) >= 11 is 3.39. The van der Waals surface area contributed by atoms with E-state index in [1.54, 1.807) is 6.07 Å². The second-order valence-corrected chi connectivity index (χ2v) is 4.41. The smallest absolute Gasteiger partial charge is 0.356 e. The quantitative estimate of drug-likeness (QED) is 0.943. The molecule has 0 aliphatic rings. The van der Waals surface area contributed by atoms with E-state index in [0.717, 1.165) is 16.2 Å². The molecule has 0 radical (unpaired) electrons. The average molecular weight is 309 g/mol. The Balaban J connectivity index is 2.18. The van der Waals surface area contributed by atoms with Gasteiger partial charge in [-0.1, -0.05) is 15.9 Å². The number of rotatable bonds is 3. The zero-order valence-electron chi connectivity index (χ0n) is 9.42. The fourth-order valence-corrected chi connectivity index (χ4v) is 1.53. The second-order valence-electron chi connectivity index (χ2n) is 3.56. The number of nitrogens with zero attached hydrogens (tertiary/aromatic N) is 2. The van der Waals surface area contributed by atoms with Crippen LogP contribution in [-0.2, 0) is 0 Å². The van der Waals surface area contributed by atoms with Crippen molar-refractivity contribution >= 4 is 21.9 Å². The minimum Gasteiger partial charge on any atom is -0.476 e. The number of aromatic carboxylic acids is 1. The number of halogens is 1. The van der Waals surface area contributed by atoms with Gasteiger partial charge in [-0.25, -0.2) is 14.8 Å². The first kappa shape index (κ1) is 12.5. The van der Waals surface area contributed by atoms with Gasteiger partial charge in [-0.2, -0.15) is 0 Å². The monoisotopic (exact) mass is 308 g/mol. The molecule has 1 aromatic carbocycles. The van der Waals surface area contributed by atoms with E-state index >= 15 is 0 Å². The van der Waals surface area contributed by atoms with Gasteiger partial charge in [-0.05, 0) is 30.7 Å². The van der Waals surface area contributed by atoms with E-state index in [4.69, 9.17) is 9.84 Å². The van der Waals surface area contributed by atoms with Crippen molar-refractivity contribution in [2.24, 2.45) is 0 Å². The molecule has 0 saturated carbocycles. The average Bonchev–Trinajstić information content (AvgIpc) is 2.34. The molecule has 1 N–H and O–H groups in total. The molecule has 0 fully saturated rings. The summed E-state index contributed by atoms with van der Waals surface area (Å²) in [6.45, 7) is 1.94. The molecule has 0 aliphatic heterocycles. The molecule has 1 heterocycles. The Bertz CT molecular complexity index is 584. The van der Waals surface area contributed by atoms with Crippen molar-refractivity contribution in [1.82, 2.24) is 9.97 Å². The van der Waals surface area contributed by atoms with E-state index in [2.05, 4.69) is 25.9 Å². The highest BCUT2D eigenvalue weighted by Crippen LogP contribution is 2.24. The van der Waals surface area contributed by atoms with E-state index in [9.17, 15) is 4.79 Å². The Kier molecular flexibility index (Phi) is 3.57. The fourth-order valence-electron chi connectivity index (χ4n) is 1.28. The van der Waals surface area contributed by atoms with Crippen molar-refractivity contribution in [3.8, 4) is 11.6 Å². The van der Waals surface area contributed by atoms with E-state index < -0.39 is 5.97 Å². The standard InChI is InChI=1S/C12H9BrN2O3/c1-7-4-8(2-3-9(7)13)18-11-6-14-10(5-15-11)12(16)17/h2-6H,1H3,(H,16,17). The Labute approximate surface area is 112 Å². The summed E-state index contributed by atoms with van der Waals surface area (Å²) in [5, 5.41) is 8.68. The number of hydrogen-bond acceptors (Lipinski definition) is 4. The van der Waals surface area contributed by atoms with Gasteiger partial charge in [0.25, 0.3) is 0 Å². The third kappa shape index (κ3) is 2.84. The van der Waals surface area contributed by atoms with E-state index in [0.29, 0.717) is 5.75 Å². The zero-order chi connectivity index (χ0) is 13.1. The van der Waals surface area contributed by atoms with Gasteiger partial charge in [-0.15, -0.1) is 0 Å². The fraction of sp³-hybridized carbons (Fsp3) is 0.0833. The Morgan fingerprint density at radius 3 is 2.67 bits per heavy atom. The van der Waals surface area contributed by atoms with Crippen LogP contribution in [0.4, 0.5) is 0 Å². The lowest BCUT2D eigenvalue weighted by Gasteiger charge is -2.06. The van der Waals surface area contributed by atoms with Gasteiger partial charge in [-0.3, -0.25) is 0 Å². The van der Waals surface area contributed by atoms with Crippen molar-refractivity contribution in [2.75, 3.05) is 0 Å². The molecule has 2 rings (SSSR count). The van der Waals surface area contributed by atoms with Crippen molar-refractivity contribution in [3.63, 3.8) is 0 Å². The number of carboxylic acids is 1. The summed E-state index contributed by atoms with van der Waals surface area (Å²) in [6.07, 6.45) is 2.43. The summed E-state index contributed by atoms with van der Waals surface area (Å²) < 4.78 is 6.45. The van der Waals surface area contributed by atoms with Crippen LogP contribution in [0.25, 0.3) is 0 Å². The SMILES string of the molecule is Cc1cc(Oc2cnc(C(=O)O)cn2)ccc1Br. The van der Waals surface area contributed by atoms with Crippen LogP contribution in [0.15, 0.2) is 35.1 Å². The lowest BCUT2D eigenvalue weighted by Crippen LogP contribution is -2.01. The van der Waals surface area contributed by atoms with Crippen LogP contribution < -0.4 is 4.74 Å². The van der Waals surface area contributed by atoms with Crippen LogP contribution in [0.1, 0.15) is 16.1 Å². The number of benzene rings is 1. The molecule has 0 atom stereocenters. The highest BCUT2D eigenvalue weighted by Gasteiger charge is 2.06. The lowest BCUT2D eigenvalue weighted by atomic mass is 10.2. The van der Waals surface area contributed by atoms with Crippen LogP contribution in [0.3, 0.4) is 0 Å². The summed E-state index contributed by atoms with van der Waals surface area (Å²) in [5.41, 5.74) is 0.914. The molecule has 0 amide bonds. The van der Waals surface area contributed by atoms with Crippen LogP contribution in [0.5, 0.6) is 11.6 Å². The van der Waals surface area contributed by atoms with Crippen molar-refractivity contribution in [1.29, 1.82) is 0 Å². The number of carboxylic acid groups (broad SMARTS) is 1. The van der Waals surface area contributed by atoms with Gasteiger partial charge >= 0.3 is 5.97 Å². The minimum atomic E-state index is -1.12. The van der Waals surface area contributed by atoms with Gasteiger partial charge < -0.3 is 9.84 Å². The molecule has 18 heavy (non-hydrogen) atoms. The van der Waals surface area contributed by atoms with Crippen LogP contribution in [0.2, 0.25) is 0 Å². The van der Waals surface area contributed by atoms with Gasteiger partial charge in [0.15, 0.2) is 5.69 Å². The number of ether oxygens (including phenoxy) is 1. The summed E-state index contributed by atoms with van der Waals surface area (Å²) in [6, 6.07) is 5.49. The molecule has 1 aromatic heterocycles. The number of aryl methyl sites for hydroxylation is 1. The highest BCUT2D eigenvalue weighted by molar-refractivity contribution is 9.10. The first-order chi connectivity index (χ1) is 8.56. The summed E-state index contributed by atoms with van der Waals surface area (Å²) in [4.78, 5) is 18.2. The lowest BCUT2D eigenvalue weighted by molar-refractivity contribution is 0.0690. The van der Waals surface area contributed by atoms with Gasteiger partial charge in [0, 0.05) is 4.47 Å². The maximum absolute atomic E-state index is 10.6. The van der Waals surface area contributed by atoms with Crippen molar-refractivity contribution in [3.05, 3.63) is 46.3 Å². The normalized spacial score (nSPS) is 10.1. The first-order valence-corrected chi connectivity index (χ1v) is 5.85. The highest BCUT2D eigenvalue weighted by atomic mass is 79.9. The maximum Gasteiger partial charge on any atom is 0.356 e. The maximum atomic E-state index is 10.6. The number of carbonyl (C=O) groups is 1. The molecule has 92 valence electrons. The predicted molar refractivity (Wildman–Crippen MR) is 67.9 cm³/mol. The van der Waals surface area contributed by atoms with Gasteiger partial charge in [0.1, 0.15) is 5.75 Å². The molecule has 2 aromatic rings. The van der Waals surface area contributed by atoms with Crippen molar-refractivity contribution in [2.45, 2.75) is 6.92 Å². The molecule has 0 aliphatic carbocycles. The van der Waals surface area contributed by atoms with E-state index in [-0.39, 0.29) is 11.6 Å². The summed E-state index contributed by atoms with van der Waals surface area (Å²) in [5.74, 6) is -0.247. The third-order valence-corrected chi connectivity index (χ3v) is 3.09. The molecule has 0 saturated heterocycles. The Hall–Kier alpha value is -1.95.